The van der Waals surface area contributed by atoms with E-state index in [4.69, 9.17) is 19.4 Å². The van der Waals surface area contributed by atoms with Crippen molar-refractivity contribution in [2.45, 2.75) is 103 Å². The van der Waals surface area contributed by atoms with E-state index >= 15 is 0 Å². The molecular formula is C57H55N5O. The Balaban J connectivity index is 1.01. The zero-order chi connectivity index (χ0) is 43.0. The first-order valence-corrected chi connectivity index (χ1v) is 23.4. The largest absolute Gasteiger partial charge is 0.456 e. The number of furan rings is 1. The fraction of sp³-hybridized carbons (Fsp3) is 0.386. The molecule has 0 saturated heterocycles. The van der Waals surface area contributed by atoms with Crippen LogP contribution in [0.1, 0.15) is 114 Å². The standard InChI is InChI=1S/C57H55N5O/c1-34-17-40-18-35(2)27-56(26-34,30-40)47-21-46(22-48(25-47)57-28-36(3)19-41(31-57)20-37(4)29-57)44-13-15-49-50-16-14-45(24-52(50)63-51(49)23-44)55-61-53(42-9-5-38(32-58)6-10-42)60-54(62-55)43-11-7-39(33-59)8-12-43/h5-16,21-25,34-37,40-41H,17-20,26-31H2,1-4H3/t34-,35+,36-,37+,40?,41?,56?,57?. The lowest BCUT2D eigenvalue weighted by Gasteiger charge is -2.52. The smallest absolute Gasteiger partial charge is 0.164 e. The minimum Gasteiger partial charge on any atom is -0.456 e. The second-order valence-electron chi connectivity index (χ2n) is 20.9. The summed E-state index contributed by atoms with van der Waals surface area (Å²) in [5.41, 5.74) is 11.4. The average Bonchev–Trinajstić information content (AvgIpc) is 3.65. The van der Waals surface area contributed by atoms with Gasteiger partial charge in [-0.15, -0.1) is 0 Å². The third-order valence-corrected chi connectivity index (χ3v) is 15.7. The predicted molar refractivity (Wildman–Crippen MR) is 251 cm³/mol. The molecule has 2 heterocycles. The van der Waals surface area contributed by atoms with Gasteiger partial charge in [0.05, 0.1) is 23.3 Å². The summed E-state index contributed by atoms with van der Waals surface area (Å²) in [6.07, 6.45) is 13.4. The third kappa shape index (κ3) is 7.22. The van der Waals surface area contributed by atoms with E-state index in [2.05, 4.69) is 88.4 Å². The molecule has 7 aromatic rings. The summed E-state index contributed by atoms with van der Waals surface area (Å²) < 4.78 is 6.80. The molecule has 4 unspecified atom stereocenters. The van der Waals surface area contributed by atoms with Crippen LogP contribution in [-0.4, -0.2) is 15.0 Å². The summed E-state index contributed by atoms with van der Waals surface area (Å²) in [6, 6.07) is 40.0. The first kappa shape index (κ1) is 39.7. The lowest BCUT2D eigenvalue weighted by Crippen LogP contribution is -2.44. The molecule has 4 fully saturated rings. The minimum absolute atomic E-state index is 0.246. The van der Waals surface area contributed by atoms with Crippen molar-refractivity contribution in [3.63, 3.8) is 0 Å². The van der Waals surface area contributed by atoms with Gasteiger partial charge in [-0.3, -0.25) is 0 Å². The summed E-state index contributed by atoms with van der Waals surface area (Å²) in [5.74, 6) is 6.21. The van der Waals surface area contributed by atoms with E-state index in [0.29, 0.717) is 28.6 Å². The Labute approximate surface area is 371 Å². The van der Waals surface area contributed by atoms with Crippen molar-refractivity contribution in [3.05, 3.63) is 125 Å². The summed E-state index contributed by atoms with van der Waals surface area (Å²) in [5, 5.41) is 21.0. The number of aromatic nitrogens is 3. The Morgan fingerprint density at radius 3 is 1.25 bits per heavy atom. The fourth-order valence-electron chi connectivity index (χ4n) is 13.8. The lowest BCUT2D eigenvalue weighted by molar-refractivity contribution is 0.0738. The number of benzene rings is 5. The van der Waals surface area contributed by atoms with Crippen molar-refractivity contribution in [2.75, 3.05) is 0 Å². The Bertz CT molecular complexity index is 2810. The molecule has 4 bridgehead atoms. The van der Waals surface area contributed by atoms with Crippen molar-refractivity contribution in [1.82, 2.24) is 15.0 Å². The van der Waals surface area contributed by atoms with Crippen LogP contribution >= 0.6 is 0 Å². The topological polar surface area (TPSA) is 99.4 Å². The molecule has 8 atom stereocenters. The van der Waals surface area contributed by atoms with E-state index in [1.807, 2.05) is 30.3 Å². The van der Waals surface area contributed by atoms with Gasteiger partial charge < -0.3 is 4.42 Å². The van der Waals surface area contributed by atoms with E-state index in [0.717, 1.165) is 74.1 Å². The van der Waals surface area contributed by atoms with Gasteiger partial charge >= 0.3 is 0 Å². The molecule has 0 radical (unpaired) electrons. The van der Waals surface area contributed by atoms with Crippen LogP contribution in [0, 0.1) is 58.2 Å². The predicted octanol–water partition coefficient (Wildman–Crippen LogP) is 14.4. The molecular weight excluding hydrogens is 771 g/mol. The molecule has 4 aliphatic rings. The first-order valence-electron chi connectivity index (χ1n) is 23.4. The Hall–Kier alpha value is -6.11. The van der Waals surface area contributed by atoms with Gasteiger partial charge in [0.25, 0.3) is 0 Å². The lowest BCUT2D eigenvalue weighted by atomic mass is 9.52. The van der Waals surface area contributed by atoms with Crippen LogP contribution in [0.3, 0.4) is 0 Å². The molecule has 4 aliphatic carbocycles. The summed E-state index contributed by atoms with van der Waals surface area (Å²) in [6.45, 7) is 10.1. The quantitative estimate of drug-likeness (QED) is 0.166. The molecule has 11 rings (SSSR count). The number of rotatable bonds is 6. The maximum atomic E-state index is 9.43. The molecule has 0 aliphatic heterocycles. The van der Waals surface area contributed by atoms with Crippen molar-refractivity contribution in [2.24, 2.45) is 35.5 Å². The van der Waals surface area contributed by atoms with Crippen molar-refractivity contribution in [3.8, 4) is 57.4 Å². The molecule has 6 nitrogen and oxygen atoms in total. The van der Waals surface area contributed by atoms with Crippen LogP contribution in [0.4, 0.5) is 0 Å². The van der Waals surface area contributed by atoms with Crippen LogP contribution in [0.25, 0.3) is 67.2 Å². The average molecular weight is 826 g/mol. The highest BCUT2D eigenvalue weighted by atomic mass is 16.3. The van der Waals surface area contributed by atoms with Gasteiger partial charge in [-0.2, -0.15) is 10.5 Å². The van der Waals surface area contributed by atoms with E-state index < -0.39 is 0 Å². The van der Waals surface area contributed by atoms with Crippen molar-refractivity contribution in [1.29, 1.82) is 10.5 Å². The Kier molecular flexibility index (Phi) is 9.65. The maximum Gasteiger partial charge on any atom is 0.164 e. The van der Waals surface area contributed by atoms with Crippen molar-refractivity contribution < 1.29 is 4.42 Å². The van der Waals surface area contributed by atoms with Gasteiger partial charge in [0.15, 0.2) is 17.5 Å². The SMILES string of the molecule is C[C@@H]1CC2C[C@H](C)CC(c3cc(-c4ccc5c(c4)oc4cc(-c6nc(-c7ccc(C#N)cc7)nc(-c7ccc(C#N)cc7)n6)ccc45)cc(C45CC(C[C@@H](C)C4)C[C@H](C)C5)c3)(C2)C1. The summed E-state index contributed by atoms with van der Waals surface area (Å²) >= 11 is 0. The number of hydrogen-bond donors (Lipinski definition) is 0. The second-order valence-corrected chi connectivity index (χ2v) is 20.9. The van der Waals surface area contributed by atoms with Gasteiger partial charge in [0.1, 0.15) is 11.2 Å². The summed E-state index contributed by atoms with van der Waals surface area (Å²) in [4.78, 5) is 14.8. The van der Waals surface area contributed by atoms with Crippen LogP contribution in [0.2, 0.25) is 0 Å². The van der Waals surface area contributed by atoms with Gasteiger partial charge in [0, 0.05) is 27.5 Å². The molecule has 6 heteroatoms. The van der Waals surface area contributed by atoms with Crippen LogP contribution in [0.5, 0.6) is 0 Å². The molecule has 63 heavy (non-hydrogen) atoms. The minimum atomic E-state index is 0.246. The molecule has 0 spiro atoms. The van der Waals surface area contributed by atoms with E-state index in [1.54, 1.807) is 35.4 Å². The maximum absolute atomic E-state index is 9.43. The molecule has 5 aromatic carbocycles. The Morgan fingerprint density at radius 1 is 0.444 bits per heavy atom. The molecule has 2 aromatic heterocycles. The number of fused-ring (bicyclic) bond motifs is 7. The van der Waals surface area contributed by atoms with Gasteiger partial charge in [-0.1, -0.05) is 58.0 Å². The van der Waals surface area contributed by atoms with Crippen LogP contribution in [-0.2, 0) is 10.8 Å². The van der Waals surface area contributed by atoms with E-state index in [-0.39, 0.29) is 10.8 Å². The Morgan fingerprint density at radius 2 is 0.825 bits per heavy atom. The zero-order valence-electron chi connectivity index (χ0n) is 37.0. The van der Waals surface area contributed by atoms with Crippen LogP contribution < -0.4 is 0 Å². The van der Waals surface area contributed by atoms with Gasteiger partial charge in [-0.05, 0) is 206 Å². The van der Waals surface area contributed by atoms with Crippen molar-refractivity contribution >= 4 is 21.9 Å². The monoisotopic (exact) mass is 825 g/mol. The van der Waals surface area contributed by atoms with E-state index in [1.165, 1.54) is 75.3 Å². The molecule has 4 saturated carbocycles. The molecule has 0 N–H and O–H groups in total. The van der Waals surface area contributed by atoms with Crippen LogP contribution in [0.15, 0.2) is 108 Å². The summed E-state index contributed by atoms with van der Waals surface area (Å²) in [7, 11) is 0. The number of nitrogens with zero attached hydrogens (tertiary/aromatic N) is 5. The van der Waals surface area contributed by atoms with Gasteiger partial charge in [-0.25, -0.2) is 15.0 Å². The second kappa shape index (κ2) is 15.3. The molecule has 0 amide bonds. The zero-order valence-corrected chi connectivity index (χ0v) is 37.0. The number of hydrogen-bond acceptors (Lipinski definition) is 6. The normalized spacial score (nSPS) is 27.8. The third-order valence-electron chi connectivity index (χ3n) is 15.7. The first-order chi connectivity index (χ1) is 30.5. The highest BCUT2D eigenvalue weighted by Crippen LogP contribution is 2.58. The van der Waals surface area contributed by atoms with E-state index in [9.17, 15) is 10.5 Å². The van der Waals surface area contributed by atoms with Gasteiger partial charge in [0.2, 0.25) is 0 Å². The molecule has 314 valence electrons. The fourth-order valence-corrected chi connectivity index (χ4v) is 13.8. The highest BCUT2D eigenvalue weighted by molar-refractivity contribution is 6.06. The number of nitriles is 2. The highest BCUT2D eigenvalue weighted by Gasteiger charge is 2.48.